The van der Waals surface area contributed by atoms with Crippen LogP contribution in [-0.4, -0.2) is 12.5 Å². The molecule has 3 nitrogen and oxygen atoms in total. The van der Waals surface area contributed by atoms with Crippen LogP contribution in [0.3, 0.4) is 0 Å². The minimum Gasteiger partial charge on any atom is -0.356 e. The Morgan fingerprint density at radius 1 is 1.32 bits per heavy atom. The molecule has 19 heavy (non-hydrogen) atoms. The molecule has 1 aromatic carbocycles. The van der Waals surface area contributed by atoms with E-state index in [2.05, 4.69) is 25.2 Å². The average Bonchev–Trinajstić information content (AvgIpc) is 2.41. The van der Waals surface area contributed by atoms with Crippen LogP contribution in [0.5, 0.6) is 0 Å². The number of benzene rings is 1. The van der Waals surface area contributed by atoms with Crippen molar-refractivity contribution in [1.29, 1.82) is 5.26 Å². The van der Waals surface area contributed by atoms with Gasteiger partial charge in [0.1, 0.15) is 0 Å². The van der Waals surface area contributed by atoms with Gasteiger partial charge in [-0.2, -0.15) is 5.26 Å². The first-order chi connectivity index (χ1) is 9.11. The van der Waals surface area contributed by atoms with Gasteiger partial charge in [0, 0.05) is 13.0 Å². The molecular weight excluding hydrogens is 236 g/mol. The molecular formula is C16H22N2O. The molecule has 1 rings (SSSR count). The number of amides is 1. The van der Waals surface area contributed by atoms with Crippen LogP contribution in [0.2, 0.25) is 0 Å². The van der Waals surface area contributed by atoms with Crippen LogP contribution in [0, 0.1) is 17.2 Å². The molecule has 0 aromatic heterocycles. The van der Waals surface area contributed by atoms with Crippen LogP contribution in [0.25, 0.3) is 0 Å². The molecule has 0 spiro atoms. The van der Waals surface area contributed by atoms with Crippen LogP contribution < -0.4 is 5.32 Å². The van der Waals surface area contributed by atoms with E-state index in [9.17, 15) is 4.79 Å². The molecule has 0 fully saturated rings. The molecule has 102 valence electrons. The Labute approximate surface area is 115 Å². The Bertz CT molecular complexity index is 429. The van der Waals surface area contributed by atoms with E-state index in [1.54, 1.807) is 12.1 Å². The highest BCUT2D eigenvalue weighted by atomic mass is 16.1. The van der Waals surface area contributed by atoms with E-state index in [1.807, 2.05) is 12.1 Å². The Balaban J connectivity index is 2.20. The molecule has 1 aromatic rings. The number of carbonyl (C=O) groups excluding carboxylic acids is 1. The zero-order valence-electron chi connectivity index (χ0n) is 11.8. The largest absolute Gasteiger partial charge is 0.356 e. The molecule has 0 unspecified atom stereocenters. The molecule has 1 amide bonds. The molecule has 1 N–H and O–H groups in total. The lowest BCUT2D eigenvalue weighted by Gasteiger charge is -2.07. The quantitative estimate of drug-likeness (QED) is 0.764. The van der Waals surface area contributed by atoms with Gasteiger partial charge in [-0.1, -0.05) is 26.0 Å². The van der Waals surface area contributed by atoms with Gasteiger partial charge in [-0.15, -0.1) is 0 Å². The van der Waals surface area contributed by atoms with Crippen LogP contribution >= 0.6 is 0 Å². The second-order valence-corrected chi connectivity index (χ2v) is 5.19. The van der Waals surface area contributed by atoms with Crippen molar-refractivity contribution < 1.29 is 4.79 Å². The molecule has 3 heteroatoms. The topological polar surface area (TPSA) is 52.9 Å². The van der Waals surface area contributed by atoms with Crippen molar-refractivity contribution in [3.8, 4) is 6.07 Å². The van der Waals surface area contributed by atoms with Crippen molar-refractivity contribution in [2.24, 2.45) is 5.92 Å². The number of nitrogens with zero attached hydrogens (tertiary/aromatic N) is 1. The van der Waals surface area contributed by atoms with E-state index in [4.69, 9.17) is 5.26 Å². The fourth-order valence-corrected chi connectivity index (χ4v) is 1.83. The molecule has 0 heterocycles. The predicted octanol–water partition coefficient (Wildman–Crippen LogP) is 3.04. The number of aryl methyl sites for hydroxylation is 1. The molecule has 0 saturated heterocycles. The highest BCUT2D eigenvalue weighted by Crippen LogP contribution is 2.06. The lowest BCUT2D eigenvalue weighted by molar-refractivity contribution is -0.121. The zero-order chi connectivity index (χ0) is 14.1. The number of nitrogens with one attached hydrogen (secondary N) is 1. The van der Waals surface area contributed by atoms with Gasteiger partial charge in [-0.3, -0.25) is 4.79 Å². The van der Waals surface area contributed by atoms with Gasteiger partial charge in [0.05, 0.1) is 11.6 Å². The Morgan fingerprint density at radius 2 is 2.00 bits per heavy atom. The van der Waals surface area contributed by atoms with Gasteiger partial charge < -0.3 is 5.32 Å². The maximum atomic E-state index is 11.6. The minimum atomic E-state index is 0.105. The monoisotopic (exact) mass is 258 g/mol. The standard InChI is InChI=1S/C16H22N2O/c1-13(2)4-3-11-18-16(19)10-9-14-5-7-15(12-17)8-6-14/h5-8,13H,3-4,9-11H2,1-2H3,(H,18,19). The van der Waals surface area contributed by atoms with Crippen molar-refractivity contribution in [2.45, 2.75) is 39.5 Å². The summed E-state index contributed by atoms with van der Waals surface area (Å²) in [5, 5.41) is 11.6. The molecule has 0 aliphatic heterocycles. The fourth-order valence-electron chi connectivity index (χ4n) is 1.83. The molecule has 0 aliphatic rings. The highest BCUT2D eigenvalue weighted by molar-refractivity contribution is 5.76. The molecule has 0 aliphatic carbocycles. The maximum absolute atomic E-state index is 11.6. The summed E-state index contributed by atoms with van der Waals surface area (Å²) >= 11 is 0. The third-order valence-electron chi connectivity index (χ3n) is 3.00. The third kappa shape index (κ3) is 6.61. The Kier molecular flexibility index (Phi) is 6.67. The predicted molar refractivity (Wildman–Crippen MR) is 76.6 cm³/mol. The Morgan fingerprint density at radius 3 is 2.58 bits per heavy atom. The van der Waals surface area contributed by atoms with Crippen molar-refractivity contribution >= 4 is 5.91 Å². The van der Waals surface area contributed by atoms with Crippen LogP contribution in [0.4, 0.5) is 0 Å². The van der Waals surface area contributed by atoms with Gasteiger partial charge in [0.15, 0.2) is 0 Å². The summed E-state index contributed by atoms with van der Waals surface area (Å²) in [6, 6.07) is 9.47. The summed E-state index contributed by atoms with van der Waals surface area (Å²) in [5.41, 5.74) is 1.75. The van der Waals surface area contributed by atoms with Crippen molar-refractivity contribution in [1.82, 2.24) is 5.32 Å². The SMILES string of the molecule is CC(C)CCCNC(=O)CCc1ccc(C#N)cc1. The van der Waals surface area contributed by atoms with Gasteiger partial charge in [0.25, 0.3) is 0 Å². The van der Waals surface area contributed by atoms with Gasteiger partial charge >= 0.3 is 0 Å². The number of hydrogen-bond acceptors (Lipinski definition) is 2. The van der Waals surface area contributed by atoms with Crippen LogP contribution in [0.1, 0.15) is 44.2 Å². The van der Waals surface area contributed by atoms with E-state index in [-0.39, 0.29) is 5.91 Å². The van der Waals surface area contributed by atoms with Crippen molar-refractivity contribution in [3.63, 3.8) is 0 Å². The van der Waals surface area contributed by atoms with Crippen molar-refractivity contribution in [2.75, 3.05) is 6.54 Å². The van der Waals surface area contributed by atoms with Crippen molar-refractivity contribution in [3.05, 3.63) is 35.4 Å². The second kappa shape index (κ2) is 8.31. The van der Waals surface area contributed by atoms with Gasteiger partial charge in [-0.25, -0.2) is 0 Å². The van der Waals surface area contributed by atoms with Crippen LogP contribution in [0.15, 0.2) is 24.3 Å². The van der Waals surface area contributed by atoms with E-state index in [0.29, 0.717) is 17.9 Å². The number of nitriles is 1. The van der Waals surface area contributed by atoms with Gasteiger partial charge in [0.2, 0.25) is 5.91 Å². The summed E-state index contributed by atoms with van der Waals surface area (Å²) in [6.07, 6.45) is 3.42. The lowest BCUT2D eigenvalue weighted by Crippen LogP contribution is -2.24. The fraction of sp³-hybridized carbons (Fsp3) is 0.500. The molecule has 0 bridgehead atoms. The van der Waals surface area contributed by atoms with E-state index in [1.165, 1.54) is 0 Å². The van der Waals surface area contributed by atoms with Gasteiger partial charge in [-0.05, 0) is 42.9 Å². The summed E-state index contributed by atoms with van der Waals surface area (Å²) in [4.78, 5) is 11.6. The Hall–Kier alpha value is -1.82. The first-order valence-electron chi connectivity index (χ1n) is 6.87. The number of hydrogen-bond donors (Lipinski definition) is 1. The van der Waals surface area contributed by atoms with E-state index >= 15 is 0 Å². The lowest BCUT2D eigenvalue weighted by atomic mass is 10.1. The third-order valence-corrected chi connectivity index (χ3v) is 3.00. The van der Waals surface area contributed by atoms with Crippen LogP contribution in [-0.2, 0) is 11.2 Å². The summed E-state index contributed by atoms with van der Waals surface area (Å²) < 4.78 is 0. The molecule has 0 atom stereocenters. The maximum Gasteiger partial charge on any atom is 0.220 e. The normalized spacial score (nSPS) is 10.2. The average molecular weight is 258 g/mol. The second-order valence-electron chi connectivity index (χ2n) is 5.19. The molecule has 0 saturated carbocycles. The van der Waals surface area contributed by atoms with E-state index in [0.717, 1.165) is 31.4 Å². The van der Waals surface area contributed by atoms with E-state index < -0.39 is 0 Å². The molecule has 0 radical (unpaired) electrons. The summed E-state index contributed by atoms with van der Waals surface area (Å²) in [6.45, 7) is 5.14. The highest BCUT2D eigenvalue weighted by Gasteiger charge is 2.02. The number of rotatable bonds is 7. The number of carbonyl (C=O) groups is 1. The first-order valence-corrected chi connectivity index (χ1v) is 6.87. The smallest absolute Gasteiger partial charge is 0.220 e. The zero-order valence-corrected chi connectivity index (χ0v) is 11.8. The first kappa shape index (κ1) is 15.2. The summed E-state index contributed by atoms with van der Waals surface area (Å²) in [5.74, 6) is 0.795. The minimum absolute atomic E-state index is 0.105. The summed E-state index contributed by atoms with van der Waals surface area (Å²) in [7, 11) is 0.